The Morgan fingerprint density at radius 3 is 3.00 bits per heavy atom. The fourth-order valence-corrected chi connectivity index (χ4v) is 4.21. The summed E-state index contributed by atoms with van der Waals surface area (Å²) in [5.74, 6) is 0. The Kier molecular flexibility index (Phi) is 5.72. The SMILES string of the molecule is C=C(Nc1cccc(SN2CCCNCC2)c1)c1ccc2cccnc2c1. The molecule has 5 heteroatoms. The van der Waals surface area contributed by atoms with Gasteiger partial charge >= 0.3 is 0 Å². The van der Waals surface area contributed by atoms with E-state index < -0.39 is 0 Å². The third kappa shape index (κ3) is 4.69. The van der Waals surface area contributed by atoms with Gasteiger partial charge in [0.25, 0.3) is 0 Å². The maximum Gasteiger partial charge on any atom is 0.0708 e. The molecule has 0 atom stereocenters. The Labute approximate surface area is 164 Å². The number of anilines is 1. The topological polar surface area (TPSA) is 40.2 Å². The quantitative estimate of drug-likeness (QED) is 0.636. The molecule has 1 aliphatic heterocycles. The van der Waals surface area contributed by atoms with Crippen LogP contribution in [0.3, 0.4) is 0 Å². The van der Waals surface area contributed by atoms with E-state index in [2.05, 4.69) is 75.0 Å². The molecule has 2 aromatic carbocycles. The summed E-state index contributed by atoms with van der Waals surface area (Å²) in [6, 6.07) is 18.8. The van der Waals surface area contributed by atoms with Crippen molar-refractivity contribution in [2.24, 2.45) is 0 Å². The summed E-state index contributed by atoms with van der Waals surface area (Å²) in [7, 11) is 0. The van der Waals surface area contributed by atoms with Crippen molar-refractivity contribution in [3.8, 4) is 0 Å². The van der Waals surface area contributed by atoms with Crippen LogP contribution in [0.5, 0.6) is 0 Å². The number of pyridine rings is 1. The second kappa shape index (κ2) is 8.57. The zero-order valence-electron chi connectivity index (χ0n) is 15.3. The van der Waals surface area contributed by atoms with Gasteiger partial charge < -0.3 is 10.6 Å². The minimum absolute atomic E-state index is 0.878. The monoisotopic (exact) mass is 376 g/mol. The van der Waals surface area contributed by atoms with Crippen molar-refractivity contribution < 1.29 is 0 Å². The van der Waals surface area contributed by atoms with Crippen LogP contribution in [0.15, 0.2) is 72.3 Å². The highest BCUT2D eigenvalue weighted by Crippen LogP contribution is 2.27. The lowest BCUT2D eigenvalue weighted by Crippen LogP contribution is -2.22. The van der Waals surface area contributed by atoms with Crippen LogP contribution >= 0.6 is 11.9 Å². The van der Waals surface area contributed by atoms with Gasteiger partial charge in [0.2, 0.25) is 0 Å². The van der Waals surface area contributed by atoms with Gasteiger partial charge in [-0.2, -0.15) is 0 Å². The van der Waals surface area contributed by atoms with Crippen LogP contribution in [-0.2, 0) is 0 Å². The van der Waals surface area contributed by atoms with Gasteiger partial charge in [-0.15, -0.1) is 0 Å². The van der Waals surface area contributed by atoms with Crippen molar-refractivity contribution in [3.63, 3.8) is 0 Å². The maximum atomic E-state index is 4.44. The molecule has 1 saturated heterocycles. The molecule has 0 saturated carbocycles. The summed E-state index contributed by atoms with van der Waals surface area (Å²) in [6.07, 6.45) is 3.01. The third-order valence-electron chi connectivity index (χ3n) is 4.62. The van der Waals surface area contributed by atoms with E-state index in [9.17, 15) is 0 Å². The first-order chi connectivity index (χ1) is 13.3. The smallest absolute Gasteiger partial charge is 0.0708 e. The standard InChI is InChI=1S/C22H24N4S/c1-17(19-9-8-18-5-3-11-24-22(18)15-19)25-20-6-2-7-21(16-20)27-26-13-4-10-23-12-14-26/h2-3,5-9,11,15-16,23,25H,1,4,10,12-14H2. The Hall–Kier alpha value is -2.34. The predicted octanol–water partition coefficient (Wildman–Crippen LogP) is 4.62. The Bertz CT molecular complexity index is 932. The van der Waals surface area contributed by atoms with Crippen molar-refractivity contribution in [1.29, 1.82) is 0 Å². The first-order valence-corrected chi connectivity index (χ1v) is 10.1. The first kappa shape index (κ1) is 18.0. The molecule has 0 aliphatic carbocycles. The highest BCUT2D eigenvalue weighted by Gasteiger charge is 2.10. The summed E-state index contributed by atoms with van der Waals surface area (Å²) in [4.78, 5) is 5.68. The fraction of sp³-hybridized carbons (Fsp3) is 0.227. The summed E-state index contributed by atoms with van der Waals surface area (Å²) in [6.45, 7) is 8.57. The minimum Gasteiger partial charge on any atom is -0.355 e. The third-order valence-corrected chi connectivity index (χ3v) is 5.71. The van der Waals surface area contributed by atoms with E-state index in [1.54, 1.807) is 0 Å². The number of aromatic nitrogens is 1. The van der Waals surface area contributed by atoms with Gasteiger partial charge in [0.1, 0.15) is 0 Å². The average Bonchev–Trinajstić information content (AvgIpc) is 2.96. The van der Waals surface area contributed by atoms with Crippen LogP contribution in [0.4, 0.5) is 5.69 Å². The average molecular weight is 377 g/mol. The molecule has 4 rings (SSSR count). The van der Waals surface area contributed by atoms with E-state index in [0.717, 1.165) is 54.0 Å². The Morgan fingerprint density at radius 2 is 2.04 bits per heavy atom. The molecule has 3 aromatic rings. The van der Waals surface area contributed by atoms with E-state index in [0.29, 0.717) is 0 Å². The summed E-state index contributed by atoms with van der Waals surface area (Å²) in [5.41, 5.74) is 3.97. The van der Waals surface area contributed by atoms with E-state index in [1.165, 1.54) is 11.3 Å². The second-order valence-corrected chi connectivity index (χ2v) is 7.84. The molecular formula is C22H24N4S. The van der Waals surface area contributed by atoms with Gasteiger partial charge in [-0.1, -0.05) is 30.8 Å². The van der Waals surface area contributed by atoms with E-state index >= 15 is 0 Å². The highest BCUT2D eigenvalue weighted by molar-refractivity contribution is 7.97. The lowest BCUT2D eigenvalue weighted by atomic mass is 10.1. The maximum absolute atomic E-state index is 4.44. The van der Waals surface area contributed by atoms with Crippen LogP contribution in [0.25, 0.3) is 16.6 Å². The molecule has 0 unspecified atom stereocenters. The predicted molar refractivity (Wildman–Crippen MR) is 116 cm³/mol. The second-order valence-electron chi connectivity index (χ2n) is 6.67. The molecule has 1 fully saturated rings. The minimum atomic E-state index is 0.878. The lowest BCUT2D eigenvalue weighted by molar-refractivity contribution is 0.502. The molecule has 0 radical (unpaired) electrons. The summed E-state index contributed by atoms with van der Waals surface area (Å²) >= 11 is 1.83. The number of nitrogens with zero attached hydrogens (tertiary/aromatic N) is 2. The number of fused-ring (bicyclic) bond motifs is 1. The number of hydrogen-bond donors (Lipinski definition) is 2. The first-order valence-electron chi connectivity index (χ1n) is 9.33. The van der Waals surface area contributed by atoms with Crippen molar-refractivity contribution in [2.75, 3.05) is 31.5 Å². The number of benzene rings is 2. The molecule has 0 bridgehead atoms. The molecule has 1 aliphatic rings. The highest BCUT2D eigenvalue weighted by atomic mass is 32.2. The van der Waals surface area contributed by atoms with Gasteiger partial charge in [0, 0.05) is 47.5 Å². The molecular weight excluding hydrogens is 352 g/mol. The van der Waals surface area contributed by atoms with Gasteiger partial charge in [-0.3, -0.25) is 4.98 Å². The number of hydrogen-bond acceptors (Lipinski definition) is 5. The van der Waals surface area contributed by atoms with Crippen LogP contribution in [0.1, 0.15) is 12.0 Å². The van der Waals surface area contributed by atoms with E-state index in [1.807, 2.05) is 24.2 Å². The van der Waals surface area contributed by atoms with E-state index in [4.69, 9.17) is 0 Å². The van der Waals surface area contributed by atoms with Gasteiger partial charge in [0.15, 0.2) is 0 Å². The molecule has 0 amide bonds. The normalized spacial score (nSPS) is 15.4. The largest absolute Gasteiger partial charge is 0.355 e. The summed E-state index contributed by atoms with van der Waals surface area (Å²) < 4.78 is 2.43. The fourth-order valence-electron chi connectivity index (χ4n) is 3.19. The summed E-state index contributed by atoms with van der Waals surface area (Å²) in [5, 5.41) is 8.03. The van der Waals surface area contributed by atoms with Crippen molar-refractivity contribution in [1.82, 2.24) is 14.6 Å². The van der Waals surface area contributed by atoms with Gasteiger partial charge in [0.05, 0.1) is 5.52 Å². The molecule has 2 N–H and O–H groups in total. The van der Waals surface area contributed by atoms with Crippen molar-refractivity contribution >= 4 is 34.2 Å². The number of nitrogens with one attached hydrogen (secondary N) is 2. The molecule has 0 spiro atoms. The molecule has 1 aromatic heterocycles. The zero-order chi connectivity index (χ0) is 18.5. The van der Waals surface area contributed by atoms with Crippen molar-refractivity contribution in [2.45, 2.75) is 11.3 Å². The Balaban J connectivity index is 1.45. The Morgan fingerprint density at radius 1 is 1.07 bits per heavy atom. The van der Waals surface area contributed by atoms with E-state index in [-0.39, 0.29) is 0 Å². The van der Waals surface area contributed by atoms with Crippen LogP contribution in [0, 0.1) is 0 Å². The molecule has 138 valence electrons. The van der Waals surface area contributed by atoms with Gasteiger partial charge in [-0.25, -0.2) is 4.31 Å². The zero-order valence-corrected chi connectivity index (χ0v) is 16.1. The van der Waals surface area contributed by atoms with Crippen LogP contribution in [0.2, 0.25) is 0 Å². The van der Waals surface area contributed by atoms with Gasteiger partial charge in [-0.05, 0) is 60.8 Å². The lowest BCUT2D eigenvalue weighted by Gasteiger charge is -2.18. The molecule has 4 nitrogen and oxygen atoms in total. The van der Waals surface area contributed by atoms with Crippen LogP contribution in [-0.4, -0.2) is 35.5 Å². The van der Waals surface area contributed by atoms with Crippen molar-refractivity contribution in [3.05, 3.63) is 72.9 Å². The molecule has 27 heavy (non-hydrogen) atoms. The number of rotatable bonds is 5. The molecule has 2 heterocycles. The van der Waals surface area contributed by atoms with Crippen LogP contribution < -0.4 is 10.6 Å².